The van der Waals surface area contributed by atoms with Gasteiger partial charge in [-0.15, -0.1) is 11.3 Å². The molecule has 1 saturated heterocycles. The zero-order valence-electron chi connectivity index (χ0n) is 18.0. The van der Waals surface area contributed by atoms with E-state index >= 15 is 0 Å². The monoisotopic (exact) mass is 453 g/mol. The summed E-state index contributed by atoms with van der Waals surface area (Å²) in [5.41, 5.74) is 4.40. The standard InChI is InChI=1S/C24H27N3O4S/c28-18-5-6-21(22(29)11-18)27-14-19-20(15-32-23(19)24(27)30)25-12-16-1-3-17(4-2-16)13-26-7-9-31-10-8-26/h1-4,15,21,25H,5-14H2/t21-/m0/s1. The molecule has 1 aliphatic carbocycles. The van der Waals surface area contributed by atoms with Crippen LogP contribution in [0.1, 0.15) is 45.6 Å². The van der Waals surface area contributed by atoms with Crippen molar-refractivity contribution < 1.29 is 19.1 Å². The normalized spacial score (nSPS) is 21.8. The third kappa shape index (κ3) is 4.35. The van der Waals surface area contributed by atoms with Crippen LogP contribution in [0, 0.1) is 0 Å². The maximum Gasteiger partial charge on any atom is 0.265 e. The molecule has 7 nitrogen and oxygen atoms in total. The number of nitrogens with one attached hydrogen (secondary N) is 1. The Morgan fingerprint density at radius 2 is 1.81 bits per heavy atom. The summed E-state index contributed by atoms with van der Waals surface area (Å²) in [4.78, 5) is 41.5. The second-order valence-corrected chi connectivity index (χ2v) is 9.56. The van der Waals surface area contributed by atoms with E-state index in [2.05, 4.69) is 34.5 Å². The maximum absolute atomic E-state index is 12.9. The number of hydrogen-bond acceptors (Lipinski definition) is 7. The van der Waals surface area contributed by atoms with Gasteiger partial charge in [-0.25, -0.2) is 0 Å². The summed E-state index contributed by atoms with van der Waals surface area (Å²) in [7, 11) is 0. The third-order valence-electron chi connectivity index (χ3n) is 6.51. The van der Waals surface area contributed by atoms with Gasteiger partial charge in [0.1, 0.15) is 5.78 Å². The van der Waals surface area contributed by atoms with Gasteiger partial charge in [0.15, 0.2) is 5.78 Å². The van der Waals surface area contributed by atoms with Crippen molar-refractivity contribution in [1.82, 2.24) is 9.80 Å². The van der Waals surface area contributed by atoms with E-state index < -0.39 is 6.04 Å². The molecule has 1 N–H and O–H groups in total. The van der Waals surface area contributed by atoms with E-state index in [1.807, 2.05) is 5.38 Å². The highest BCUT2D eigenvalue weighted by atomic mass is 32.1. The Labute approximate surface area is 191 Å². The van der Waals surface area contributed by atoms with E-state index in [1.165, 1.54) is 22.5 Å². The highest BCUT2D eigenvalue weighted by Gasteiger charge is 2.40. The van der Waals surface area contributed by atoms with Gasteiger partial charge in [0.25, 0.3) is 5.91 Å². The first-order valence-electron chi connectivity index (χ1n) is 11.2. The van der Waals surface area contributed by atoms with Gasteiger partial charge in [-0.05, 0) is 17.5 Å². The minimum atomic E-state index is -0.466. The van der Waals surface area contributed by atoms with Gasteiger partial charge in [0.2, 0.25) is 0 Å². The first-order valence-corrected chi connectivity index (χ1v) is 12.0. The van der Waals surface area contributed by atoms with Crippen LogP contribution in [0.15, 0.2) is 29.6 Å². The highest BCUT2D eigenvalue weighted by molar-refractivity contribution is 7.12. The van der Waals surface area contributed by atoms with Crippen LogP contribution in [-0.4, -0.2) is 59.6 Å². The number of hydrogen-bond donors (Lipinski definition) is 1. The van der Waals surface area contributed by atoms with Crippen molar-refractivity contribution >= 4 is 34.5 Å². The lowest BCUT2D eigenvalue weighted by atomic mass is 9.92. The lowest BCUT2D eigenvalue weighted by Gasteiger charge is -2.29. The van der Waals surface area contributed by atoms with Crippen LogP contribution < -0.4 is 5.32 Å². The molecule has 2 aromatic rings. The fourth-order valence-corrected chi connectivity index (χ4v) is 5.65. The molecule has 3 heterocycles. The van der Waals surface area contributed by atoms with Crippen LogP contribution in [0.25, 0.3) is 0 Å². The van der Waals surface area contributed by atoms with Gasteiger partial charge in [-0.1, -0.05) is 24.3 Å². The van der Waals surface area contributed by atoms with E-state index in [0.29, 0.717) is 30.8 Å². The average molecular weight is 454 g/mol. The molecule has 0 radical (unpaired) electrons. The van der Waals surface area contributed by atoms with Gasteiger partial charge in [-0.2, -0.15) is 0 Å². The summed E-state index contributed by atoms with van der Waals surface area (Å²) in [6, 6.07) is 8.17. The van der Waals surface area contributed by atoms with Crippen molar-refractivity contribution in [1.29, 1.82) is 0 Å². The average Bonchev–Trinajstić information content (AvgIpc) is 3.34. The van der Waals surface area contributed by atoms with E-state index in [-0.39, 0.29) is 23.9 Å². The summed E-state index contributed by atoms with van der Waals surface area (Å²) >= 11 is 1.43. The Morgan fingerprint density at radius 1 is 1.06 bits per heavy atom. The van der Waals surface area contributed by atoms with Crippen molar-refractivity contribution in [2.24, 2.45) is 0 Å². The van der Waals surface area contributed by atoms with Gasteiger partial charge >= 0.3 is 0 Å². The molecule has 0 spiro atoms. The van der Waals surface area contributed by atoms with Crippen molar-refractivity contribution in [3.05, 3.63) is 51.2 Å². The summed E-state index contributed by atoms with van der Waals surface area (Å²) in [5.74, 6) is -0.236. The molecule has 2 aliphatic heterocycles. The SMILES string of the molecule is O=C1CC[C@H](N2Cc3c(NCc4ccc(CN5CCOCC5)cc4)csc3C2=O)C(=O)C1. The molecule has 1 aromatic heterocycles. The summed E-state index contributed by atoms with van der Waals surface area (Å²) in [6.45, 7) is 5.61. The Morgan fingerprint density at radius 3 is 2.56 bits per heavy atom. The van der Waals surface area contributed by atoms with Gasteiger partial charge in [0.05, 0.1) is 42.8 Å². The molecule has 5 rings (SSSR count). The van der Waals surface area contributed by atoms with E-state index in [0.717, 1.165) is 44.1 Å². The number of carbonyl (C=O) groups excluding carboxylic acids is 3. The number of morpholine rings is 1. The molecular weight excluding hydrogens is 426 g/mol. The van der Waals surface area contributed by atoms with Gasteiger partial charge in [0, 0.05) is 43.5 Å². The molecule has 168 valence electrons. The lowest BCUT2D eigenvalue weighted by Crippen LogP contribution is -2.44. The summed E-state index contributed by atoms with van der Waals surface area (Å²) in [6.07, 6.45) is 0.771. The van der Waals surface area contributed by atoms with E-state index in [9.17, 15) is 14.4 Å². The molecule has 1 atom stereocenters. The quantitative estimate of drug-likeness (QED) is 0.678. The molecule has 0 bridgehead atoms. The predicted molar refractivity (Wildman–Crippen MR) is 122 cm³/mol. The zero-order chi connectivity index (χ0) is 22.1. The first kappa shape index (κ1) is 21.3. The number of benzene rings is 1. The number of ether oxygens (including phenoxy) is 1. The Bertz CT molecular complexity index is 1030. The minimum absolute atomic E-state index is 0.0222. The second kappa shape index (κ2) is 9.13. The number of fused-ring (bicyclic) bond motifs is 1. The molecule has 8 heteroatoms. The minimum Gasteiger partial charge on any atom is -0.380 e. The topological polar surface area (TPSA) is 79.0 Å². The molecular formula is C24H27N3O4S. The largest absolute Gasteiger partial charge is 0.380 e. The van der Waals surface area contributed by atoms with Crippen LogP contribution in [-0.2, 0) is 34.0 Å². The summed E-state index contributed by atoms with van der Waals surface area (Å²) < 4.78 is 5.41. The first-order chi connectivity index (χ1) is 15.6. The number of carbonyl (C=O) groups is 3. The van der Waals surface area contributed by atoms with E-state index in [1.54, 1.807) is 4.90 Å². The number of Topliss-reactive ketones (excluding diaryl/α,β-unsaturated/α-hetero) is 2. The van der Waals surface area contributed by atoms with Crippen molar-refractivity contribution in [3.63, 3.8) is 0 Å². The maximum atomic E-state index is 12.9. The fourth-order valence-electron chi connectivity index (χ4n) is 4.66. The van der Waals surface area contributed by atoms with E-state index in [4.69, 9.17) is 4.74 Å². The number of nitrogens with zero attached hydrogens (tertiary/aromatic N) is 2. The molecule has 3 aliphatic rings. The molecule has 0 unspecified atom stereocenters. The third-order valence-corrected chi connectivity index (χ3v) is 7.52. The van der Waals surface area contributed by atoms with Crippen LogP contribution in [0.3, 0.4) is 0 Å². The van der Waals surface area contributed by atoms with Crippen molar-refractivity contribution in [2.45, 2.75) is 44.9 Å². The van der Waals surface area contributed by atoms with Gasteiger partial charge < -0.3 is 15.0 Å². The Kier molecular flexibility index (Phi) is 6.08. The van der Waals surface area contributed by atoms with Crippen LogP contribution in [0.5, 0.6) is 0 Å². The molecule has 1 aromatic carbocycles. The number of rotatable bonds is 6. The van der Waals surface area contributed by atoms with Crippen molar-refractivity contribution in [2.75, 3.05) is 31.6 Å². The van der Waals surface area contributed by atoms with Crippen molar-refractivity contribution in [3.8, 4) is 0 Å². The number of amides is 1. The predicted octanol–water partition coefficient (Wildman–Crippen LogP) is 2.84. The highest BCUT2D eigenvalue weighted by Crippen LogP contribution is 2.37. The summed E-state index contributed by atoms with van der Waals surface area (Å²) in [5, 5.41) is 5.46. The Hall–Kier alpha value is -2.55. The molecule has 32 heavy (non-hydrogen) atoms. The smallest absolute Gasteiger partial charge is 0.265 e. The number of anilines is 1. The molecule has 1 saturated carbocycles. The second-order valence-electron chi connectivity index (χ2n) is 8.68. The van der Waals surface area contributed by atoms with Crippen LogP contribution >= 0.6 is 11.3 Å². The number of thiophene rings is 1. The van der Waals surface area contributed by atoms with Crippen LogP contribution in [0.4, 0.5) is 5.69 Å². The lowest BCUT2D eigenvalue weighted by molar-refractivity contribution is -0.133. The number of ketones is 2. The fraction of sp³-hybridized carbons (Fsp3) is 0.458. The zero-order valence-corrected chi connectivity index (χ0v) is 18.8. The van der Waals surface area contributed by atoms with Gasteiger partial charge in [-0.3, -0.25) is 19.3 Å². The van der Waals surface area contributed by atoms with Crippen LogP contribution in [0.2, 0.25) is 0 Å². The molecule has 1 amide bonds. The Balaban J connectivity index is 1.19. The molecule has 2 fully saturated rings.